The van der Waals surface area contributed by atoms with E-state index in [2.05, 4.69) is 72.9 Å². The molecule has 122 valence electrons. The van der Waals surface area contributed by atoms with Crippen molar-refractivity contribution >= 4 is 0 Å². The number of hydrogen-bond acceptors (Lipinski definition) is 1. The van der Waals surface area contributed by atoms with E-state index in [1.807, 2.05) is 0 Å². The van der Waals surface area contributed by atoms with Gasteiger partial charge in [-0.3, -0.25) is 0 Å². The lowest BCUT2D eigenvalue weighted by molar-refractivity contribution is 0.0636. The lowest BCUT2D eigenvalue weighted by atomic mass is 9.65. The maximum atomic E-state index is 4.20. The van der Waals surface area contributed by atoms with Crippen LogP contribution in [0.3, 0.4) is 0 Å². The second-order valence-electron chi connectivity index (χ2n) is 8.76. The Labute approximate surface area is 133 Å². The third kappa shape index (κ3) is 4.63. The average molecular weight is 292 g/mol. The highest BCUT2D eigenvalue weighted by atomic mass is 15.2. The predicted octanol–water partition coefficient (Wildman–Crippen LogP) is 6.03. The first-order valence-corrected chi connectivity index (χ1v) is 8.55. The Morgan fingerprint density at radius 3 is 2.29 bits per heavy atom. The van der Waals surface area contributed by atoms with Gasteiger partial charge in [-0.25, -0.2) is 0 Å². The normalized spacial score (nSPS) is 21.7. The standard InChI is InChI=1S/C20H37N/c1-15(2)21(19(5,6)7)14-17(4)20(8,9)18-12-10-16(3)11-13-18/h10,17-18H,1,11-14H2,2-9H3. The van der Waals surface area contributed by atoms with Crippen LogP contribution in [0.15, 0.2) is 23.9 Å². The number of nitrogens with zero attached hydrogens (tertiary/aromatic N) is 1. The van der Waals surface area contributed by atoms with Gasteiger partial charge in [0, 0.05) is 17.8 Å². The largest absolute Gasteiger partial charge is 0.370 e. The van der Waals surface area contributed by atoms with E-state index in [0.29, 0.717) is 11.3 Å². The Kier molecular flexibility index (Phi) is 5.75. The fraction of sp³-hybridized carbons (Fsp3) is 0.800. The first kappa shape index (κ1) is 18.3. The molecule has 2 unspecified atom stereocenters. The van der Waals surface area contributed by atoms with Gasteiger partial charge in [0.25, 0.3) is 0 Å². The smallest absolute Gasteiger partial charge is 0.0314 e. The summed E-state index contributed by atoms with van der Waals surface area (Å²) in [5.74, 6) is 1.47. The first-order chi connectivity index (χ1) is 9.46. The Morgan fingerprint density at radius 2 is 1.90 bits per heavy atom. The molecule has 0 amide bonds. The van der Waals surface area contributed by atoms with Crippen molar-refractivity contribution in [2.45, 2.75) is 80.2 Å². The van der Waals surface area contributed by atoms with Gasteiger partial charge < -0.3 is 4.90 Å². The van der Waals surface area contributed by atoms with Crippen LogP contribution in [0.1, 0.15) is 74.7 Å². The highest BCUT2D eigenvalue weighted by Gasteiger charge is 2.37. The van der Waals surface area contributed by atoms with Crippen LogP contribution in [0.25, 0.3) is 0 Å². The molecule has 2 atom stereocenters. The molecule has 0 N–H and O–H groups in total. The van der Waals surface area contributed by atoms with Gasteiger partial charge >= 0.3 is 0 Å². The van der Waals surface area contributed by atoms with E-state index in [1.165, 1.54) is 25.0 Å². The number of allylic oxidation sites excluding steroid dienone is 3. The lowest BCUT2D eigenvalue weighted by Crippen LogP contribution is -2.46. The molecule has 0 aromatic heterocycles. The van der Waals surface area contributed by atoms with Crippen LogP contribution in [-0.2, 0) is 0 Å². The molecule has 1 aliphatic rings. The summed E-state index contributed by atoms with van der Waals surface area (Å²) in [6.45, 7) is 23.9. The highest BCUT2D eigenvalue weighted by molar-refractivity contribution is 5.06. The monoisotopic (exact) mass is 291 g/mol. The average Bonchev–Trinajstić information content (AvgIpc) is 2.34. The predicted molar refractivity (Wildman–Crippen MR) is 95.3 cm³/mol. The van der Waals surface area contributed by atoms with Gasteiger partial charge in [0.1, 0.15) is 0 Å². The zero-order valence-electron chi connectivity index (χ0n) is 15.7. The van der Waals surface area contributed by atoms with Crippen molar-refractivity contribution in [2.24, 2.45) is 17.3 Å². The van der Waals surface area contributed by atoms with Crippen LogP contribution in [0.4, 0.5) is 0 Å². The summed E-state index contributed by atoms with van der Waals surface area (Å²) in [5.41, 5.74) is 3.28. The van der Waals surface area contributed by atoms with Crippen molar-refractivity contribution in [3.8, 4) is 0 Å². The first-order valence-electron chi connectivity index (χ1n) is 8.55. The summed E-state index contributed by atoms with van der Waals surface area (Å²) < 4.78 is 0. The van der Waals surface area contributed by atoms with E-state index in [1.54, 1.807) is 5.57 Å². The molecule has 1 heteroatoms. The molecule has 0 aromatic carbocycles. The fourth-order valence-electron chi connectivity index (χ4n) is 3.55. The van der Waals surface area contributed by atoms with E-state index in [0.717, 1.165) is 12.5 Å². The van der Waals surface area contributed by atoms with Crippen molar-refractivity contribution in [1.29, 1.82) is 0 Å². The maximum absolute atomic E-state index is 4.20. The molecule has 0 heterocycles. The maximum Gasteiger partial charge on any atom is 0.0314 e. The van der Waals surface area contributed by atoms with Crippen molar-refractivity contribution in [3.63, 3.8) is 0 Å². The van der Waals surface area contributed by atoms with Gasteiger partial charge in [0.15, 0.2) is 0 Å². The van der Waals surface area contributed by atoms with Crippen molar-refractivity contribution in [2.75, 3.05) is 6.54 Å². The molecule has 0 aliphatic heterocycles. The van der Waals surface area contributed by atoms with Crippen molar-refractivity contribution < 1.29 is 0 Å². The summed E-state index contributed by atoms with van der Waals surface area (Å²) >= 11 is 0. The fourth-order valence-corrected chi connectivity index (χ4v) is 3.55. The molecule has 0 radical (unpaired) electrons. The third-order valence-corrected chi connectivity index (χ3v) is 5.69. The molecule has 21 heavy (non-hydrogen) atoms. The van der Waals surface area contributed by atoms with Crippen LogP contribution in [-0.4, -0.2) is 17.0 Å². The van der Waals surface area contributed by atoms with E-state index < -0.39 is 0 Å². The zero-order chi connectivity index (χ0) is 16.4. The van der Waals surface area contributed by atoms with E-state index in [9.17, 15) is 0 Å². The number of rotatable bonds is 5. The van der Waals surface area contributed by atoms with E-state index in [-0.39, 0.29) is 5.54 Å². The molecule has 0 bridgehead atoms. The molecule has 0 saturated heterocycles. The molecule has 1 rings (SSSR count). The van der Waals surface area contributed by atoms with Gasteiger partial charge in [-0.2, -0.15) is 0 Å². The summed E-state index contributed by atoms with van der Waals surface area (Å²) in [7, 11) is 0. The van der Waals surface area contributed by atoms with Crippen LogP contribution in [0, 0.1) is 17.3 Å². The molecule has 0 aromatic rings. The van der Waals surface area contributed by atoms with E-state index in [4.69, 9.17) is 0 Å². The zero-order valence-corrected chi connectivity index (χ0v) is 15.7. The quantitative estimate of drug-likeness (QED) is 0.559. The van der Waals surface area contributed by atoms with Crippen molar-refractivity contribution in [1.82, 2.24) is 4.90 Å². The Morgan fingerprint density at radius 1 is 1.33 bits per heavy atom. The van der Waals surface area contributed by atoms with Crippen LogP contribution < -0.4 is 0 Å². The molecule has 0 saturated carbocycles. The highest BCUT2D eigenvalue weighted by Crippen LogP contribution is 2.43. The van der Waals surface area contributed by atoms with Crippen LogP contribution >= 0.6 is 0 Å². The topological polar surface area (TPSA) is 3.24 Å². The summed E-state index contributed by atoms with van der Waals surface area (Å²) in [6.07, 6.45) is 6.35. The second kappa shape index (κ2) is 6.58. The SMILES string of the molecule is C=C(C)N(CC(C)C(C)(C)C1CC=C(C)CC1)C(C)(C)C. The molecular weight excluding hydrogens is 254 g/mol. The minimum Gasteiger partial charge on any atom is -0.370 e. The summed E-state index contributed by atoms with van der Waals surface area (Å²) in [6, 6.07) is 0. The summed E-state index contributed by atoms with van der Waals surface area (Å²) in [4.78, 5) is 2.48. The molecular formula is C20H37N. The van der Waals surface area contributed by atoms with Gasteiger partial charge in [-0.15, -0.1) is 0 Å². The van der Waals surface area contributed by atoms with E-state index >= 15 is 0 Å². The summed E-state index contributed by atoms with van der Waals surface area (Å²) in [5, 5.41) is 0. The minimum atomic E-state index is 0.152. The Bertz CT molecular complexity index is 395. The molecule has 0 spiro atoms. The Balaban J connectivity index is 2.81. The van der Waals surface area contributed by atoms with Gasteiger partial charge in [0.05, 0.1) is 0 Å². The molecule has 1 nitrogen and oxygen atoms in total. The van der Waals surface area contributed by atoms with Gasteiger partial charge in [-0.05, 0) is 71.1 Å². The third-order valence-electron chi connectivity index (χ3n) is 5.69. The second-order valence-corrected chi connectivity index (χ2v) is 8.76. The lowest BCUT2D eigenvalue weighted by Gasteiger charge is -2.46. The minimum absolute atomic E-state index is 0.152. The number of hydrogen-bond donors (Lipinski definition) is 0. The van der Waals surface area contributed by atoms with Gasteiger partial charge in [-0.1, -0.05) is 39.0 Å². The van der Waals surface area contributed by atoms with Crippen LogP contribution in [0.5, 0.6) is 0 Å². The molecule has 0 fully saturated rings. The van der Waals surface area contributed by atoms with Crippen LogP contribution in [0.2, 0.25) is 0 Å². The van der Waals surface area contributed by atoms with Crippen molar-refractivity contribution in [3.05, 3.63) is 23.9 Å². The van der Waals surface area contributed by atoms with Gasteiger partial charge in [0.2, 0.25) is 0 Å². The Hall–Kier alpha value is -0.720. The molecule has 1 aliphatic carbocycles.